The quantitative estimate of drug-likeness (QED) is 0.844. The maximum Gasteiger partial charge on any atom is 0.255 e. The predicted octanol–water partition coefficient (Wildman–Crippen LogP) is 0.710. The number of pyridine rings is 1. The summed E-state index contributed by atoms with van der Waals surface area (Å²) in [5, 5.41) is 9.99. The summed E-state index contributed by atoms with van der Waals surface area (Å²) in [4.78, 5) is 23.1. The van der Waals surface area contributed by atoms with Gasteiger partial charge in [0.15, 0.2) is 0 Å². The fourth-order valence-corrected chi connectivity index (χ4v) is 3.53. The number of β-amino-alcohol motifs (C(OH)–C–C–N with tert-alkyl or cyclic N) is 1. The highest BCUT2D eigenvalue weighted by atomic mass is 35.5. The van der Waals surface area contributed by atoms with E-state index >= 15 is 0 Å². The van der Waals surface area contributed by atoms with Crippen molar-refractivity contribution in [1.82, 2.24) is 14.8 Å². The molecule has 2 aliphatic rings. The van der Waals surface area contributed by atoms with Gasteiger partial charge in [-0.3, -0.25) is 9.69 Å². The lowest BCUT2D eigenvalue weighted by Gasteiger charge is -2.36. The standard InChI is InChI=1S/C17H25ClN4O3/c1-13(23)12-20-2-4-21(5-3-20)16-15(18)10-14(11-19-16)17(24)22-6-8-25-9-7-22/h10-11,13,23H,2-9,12H2,1H3/t13-/m1/s1. The second-order valence-corrected chi connectivity index (χ2v) is 6.98. The molecule has 1 atom stereocenters. The van der Waals surface area contributed by atoms with Crippen molar-refractivity contribution < 1.29 is 14.6 Å². The van der Waals surface area contributed by atoms with Crippen LogP contribution in [-0.4, -0.2) is 90.9 Å². The van der Waals surface area contributed by atoms with E-state index in [4.69, 9.17) is 16.3 Å². The number of aliphatic hydroxyl groups excluding tert-OH is 1. The maximum atomic E-state index is 12.5. The van der Waals surface area contributed by atoms with E-state index < -0.39 is 0 Å². The number of aliphatic hydroxyl groups is 1. The summed E-state index contributed by atoms with van der Waals surface area (Å²) in [6.45, 7) is 8.15. The van der Waals surface area contributed by atoms with Crippen LogP contribution in [0.5, 0.6) is 0 Å². The van der Waals surface area contributed by atoms with Gasteiger partial charge in [-0.05, 0) is 13.0 Å². The summed E-state index contributed by atoms with van der Waals surface area (Å²) in [6, 6.07) is 1.71. The van der Waals surface area contributed by atoms with Gasteiger partial charge in [0, 0.05) is 52.0 Å². The average molecular weight is 369 g/mol. The predicted molar refractivity (Wildman–Crippen MR) is 96.3 cm³/mol. The number of anilines is 1. The molecule has 2 aliphatic heterocycles. The molecule has 138 valence electrons. The molecule has 0 radical (unpaired) electrons. The van der Waals surface area contributed by atoms with Gasteiger partial charge in [-0.15, -0.1) is 0 Å². The van der Waals surface area contributed by atoms with E-state index in [-0.39, 0.29) is 12.0 Å². The van der Waals surface area contributed by atoms with Crippen molar-refractivity contribution in [3.8, 4) is 0 Å². The molecule has 0 aromatic carbocycles. The Hall–Kier alpha value is -1.41. The van der Waals surface area contributed by atoms with Gasteiger partial charge in [0.2, 0.25) is 0 Å². The van der Waals surface area contributed by atoms with Crippen LogP contribution in [0.4, 0.5) is 5.82 Å². The Bertz CT molecular complexity index is 600. The molecule has 0 unspecified atom stereocenters. The number of piperazine rings is 1. The third-order valence-corrected chi connectivity index (χ3v) is 4.84. The van der Waals surface area contributed by atoms with E-state index in [9.17, 15) is 9.90 Å². The van der Waals surface area contributed by atoms with Crippen LogP contribution in [0.2, 0.25) is 5.02 Å². The Morgan fingerprint density at radius 3 is 2.56 bits per heavy atom. The van der Waals surface area contributed by atoms with Crippen LogP contribution in [0.1, 0.15) is 17.3 Å². The molecule has 2 saturated heterocycles. The fourth-order valence-electron chi connectivity index (χ4n) is 3.25. The summed E-state index contributed by atoms with van der Waals surface area (Å²) in [5.41, 5.74) is 0.517. The van der Waals surface area contributed by atoms with Gasteiger partial charge in [0.05, 0.1) is 29.9 Å². The molecule has 0 spiro atoms. The van der Waals surface area contributed by atoms with E-state index in [1.54, 1.807) is 24.1 Å². The third kappa shape index (κ3) is 4.61. The fraction of sp³-hybridized carbons (Fsp3) is 0.647. The lowest BCUT2D eigenvalue weighted by molar-refractivity contribution is 0.0302. The number of morpholine rings is 1. The summed E-state index contributed by atoms with van der Waals surface area (Å²) >= 11 is 6.41. The molecule has 3 heterocycles. The van der Waals surface area contributed by atoms with Crippen LogP contribution < -0.4 is 4.90 Å². The zero-order valence-electron chi connectivity index (χ0n) is 14.5. The number of ether oxygens (including phenoxy) is 1. The first kappa shape index (κ1) is 18.4. The Morgan fingerprint density at radius 2 is 1.96 bits per heavy atom. The topological polar surface area (TPSA) is 69.1 Å². The minimum atomic E-state index is -0.321. The maximum absolute atomic E-state index is 12.5. The number of rotatable bonds is 4. The molecular weight excluding hydrogens is 344 g/mol. The van der Waals surface area contributed by atoms with Gasteiger partial charge >= 0.3 is 0 Å². The number of carbonyl (C=O) groups excluding carboxylic acids is 1. The largest absolute Gasteiger partial charge is 0.392 e. The molecule has 3 rings (SSSR count). The van der Waals surface area contributed by atoms with E-state index in [0.717, 1.165) is 32.0 Å². The molecule has 1 amide bonds. The van der Waals surface area contributed by atoms with Gasteiger partial charge in [-0.1, -0.05) is 11.6 Å². The zero-order chi connectivity index (χ0) is 17.8. The highest BCUT2D eigenvalue weighted by Gasteiger charge is 2.23. The van der Waals surface area contributed by atoms with Crippen LogP contribution >= 0.6 is 11.6 Å². The van der Waals surface area contributed by atoms with Crippen molar-refractivity contribution in [3.63, 3.8) is 0 Å². The van der Waals surface area contributed by atoms with Crippen LogP contribution in [0.15, 0.2) is 12.3 Å². The van der Waals surface area contributed by atoms with Gasteiger partial charge < -0.3 is 19.6 Å². The van der Waals surface area contributed by atoms with Gasteiger partial charge in [-0.25, -0.2) is 4.98 Å². The van der Waals surface area contributed by atoms with Crippen molar-refractivity contribution >= 4 is 23.3 Å². The van der Waals surface area contributed by atoms with Crippen molar-refractivity contribution in [3.05, 3.63) is 22.8 Å². The van der Waals surface area contributed by atoms with Crippen LogP contribution in [0.25, 0.3) is 0 Å². The number of hydrogen-bond donors (Lipinski definition) is 1. The van der Waals surface area contributed by atoms with Gasteiger partial charge in [0.25, 0.3) is 5.91 Å². The Morgan fingerprint density at radius 1 is 1.28 bits per heavy atom. The Balaban J connectivity index is 1.63. The summed E-state index contributed by atoms with van der Waals surface area (Å²) < 4.78 is 5.28. The second kappa shape index (κ2) is 8.31. The lowest BCUT2D eigenvalue weighted by atomic mass is 10.2. The summed E-state index contributed by atoms with van der Waals surface area (Å²) in [5.74, 6) is 0.669. The van der Waals surface area contributed by atoms with E-state index in [1.165, 1.54) is 0 Å². The van der Waals surface area contributed by atoms with Crippen LogP contribution in [0, 0.1) is 0 Å². The first-order chi connectivity index (χ1) is 12.0. The minimum absolute atomic E-state index is 0.0500. The molecule has 7 nitrogen and oxygen atoms in total. The van der Waals surface area contributed by atoms with Crippen molar-refractivity contribution in [2.24, 2.45) is 0 Å². The average Bonchev–Trinajstić information content (AvgIpc) is 2.62. The first-order valence-electron chi connectivity index (χ1n) is 8.72. The number of nitrogens with zero attached hydrogens (tertiary/aromatic N) is 4. The third-order valence-electron chi connectivity index (χ3n) is 4.56. The normalized spacial score (nSPS) is 20.6. The second-order valence-electron chi connectivity index (χ2n) is 6.57. The van der Waals surface area contributed by atoms with E-state index in [0.29, 0.717) is 43.4 Å². The summed E-state index contributed by atoms with van der Waals surface area (Å²) in [7, 11) is 0. The molecule has 0 aliphatic carbocycles. The van der Waals surface area contributed by atoms with Gasteiger partial charge in [-0.2, -0.15) is 0 Å². The molecule has 0 bridgehead atoms. The van der Waals surface area contributed by atoms with Crippen LogP contribution in [0.3, 0.4) is 0 Å². The van der Waals surface area contributed by atoms with Crippen molar-refractivity contribution in [2.45, 2.75) is 13.0 Å². The van der Waals surface area contributed by atoms with Gasteiger partial charge in [0.1, 0.15) is 5.82 Å². The number of halogens is 1. The molecule has 1 aromatic heterocycles. The number of carbonyl (C=O) groups is 1. The number of hydrogen-bond acceptors (Lipinski definition) is 6. The highest BCUT2D eigenvalue weighted by Crippen LogP contribution is 2.25. The molecular formula is C17H25ClN4O3. The first-order valence-corrected chi connectivity index (χ1v) is 9.10. The Labute approximate surface area is 153 Å². The van der Waals surface area contributed by atoms with E-state index in [2.05, 4.69) is 14.8 Å². The minimum Gasteiger partial charge on any atom is -0.392 e. The number of aromatic nitrogens is 1. The monoisotopic (exact) mass is 368 g/mol. The smallest absolute Gasteiger partial charge is 0.255 e. The van der Waals surface area contributed by atoms with Crippen LogP contribution in [-0.2, 0) is 4.74 Å². The Kier molecular flexibility index (Phi) is 6.11. The molecule has 8 heteroatoms. The SMILES string of the molecule is C[C@@H](O)CN1CCN(c2ncc(C(=O)N3CCOCC3)cc2Cl)CC1. The van der Waals surface area contributed by atoms with Crippen molar-refractivity contribution in [2.75, 3.05) is 63.9 Å². The van der Waals surface area contributed by atoms with Crippen molar-refractivity contribution in [1.29, 1.82) is 0 Å². The molecule has 25 heavy (non-hydrogen) atoms. The molecule has 1 N–H and O–H groups in total. The lowest BCUT2D eigenvalue weighted by Crippen LogP contribution is -2.48. The molecule has 2 fully saturated rings. The molecule has 1 aromatic rings. The summed E-state index contributed by atoms with van der Waals surface area (Å²) in [6.07, 6.45) is 1.29. The molecule has 0 saturated carbocycles. The highest BCUT2D eigenvalue weighted by molar-refractivity contribution is 6.33. The zero-order valence-corrected chi connectivity index (χ0v) is 15.3. The number of amides is 1. The van der Waals surface area contributed by atoms with E-state index in [1.807, 2.05) is 0 Å².